The van der Waals surface area contributed by atoms with Crippen molar-refractivity contribution in [2.24, 2.45) is 12.0 Å². The Morgan fingerprint density at radius 1 is 1.40 bits per heavy atom. The van der Waals surface area contributed by atoms with Gasteiger partial charge in [-0.15, -0.1) is 0 Å². The first kappa shape index (κ1) is 26.6. The van der Waals surface area contributed by atoms with Crippen molar-refractivity contribution in [3.8, 4) is 0 Å². The Morgan fingerprint density at radius 2 is 2.04 bits per heavy atom. The molecular weight excluding hydrogens is 493 g/mol. The van der Waals surface area contributed by atoms with Gasteiger partial charge in [-0.1, -0.05) is 57.8 Å². The number of nitrogens with zero attached hydrogens (tertiary/aromatic N) is 2. The van der Waals surface area contributed by atoms with Crippen LogP contribution in [0.25, 0.3) is 0 Å². The second-order valence-electron chi connectivity index (χ2n) is 4.52. The van der Waals surface area contributed by atoms with Gasteiger partial charge in [-0.2, -0.15) is 5.38 Å². The van der Waals surface area contributed by atoms with Crippen molar-refractivity contribution in [3.63, 3.8) is 0 Å². The molecule has 1 aromatic heterocycles. The van der Waals surface area contributed by atoms with E-state index in [2.05, 4.69) is 17.0 Å². The molecule has 0 aliphatic carbocycles. The van der Waals surface area contributed by atoms with E-state index in [1.54, 1.807) is 6.08 Å². The van der Waals surface area contributed by atoms with E-state index >= 15 is 0 Å². The molecule has 6 heteroatoms. The first-order valence-corrected chi connectivity index (χ1v) is 8.36. The molecule has 25 heavy (non-hydrogen) atoms. The van der Waals surface area contributed by atoms with E-state index in [9.17, 15) is 4.79 Å². The van der Waals surface area contributed by atoms with E-state index in [1.807, 2.05) is 56.7 Å². The van der Waals surface area contributed by atoms with Crippen LogP contribution in [0.2, 0.25) is 0 Å². The normalized spacial score (nSPS) is 9.84. The van der Waals surface area contributed by atoms with Gasteiger partial charge in [0.15, 0.2) is 0 Å². The molecule has 1 heterocycles. The van der Waals surface area contributed by atoms with E-state index in [4.69, 9.17) is 4.74 Å². The van der Waals surface area contributed by atoms with Crippen LogP contribution in [0, 0.1) is 59.2 Å². The molecule has 0 bridgehead atoms. The van der Waals surface area contributed by atoms with Crippen molar-refractivity contribution >= 4 is 23.0 Å². The number of carbonyl (C=O) groups is 1. The quantitative estimate of drug-likeness (QED) is 0.334. The molecule has 0 N–H and O–H groups in total. The number of thiazole rings is 1. The van der Waals surface area contributed by atoms with Gasteiger partial charge in [0.1, 0.15) is 6.61 Å². The van der Waals surface area contributed by atoms with Gasteiger partial charge >= 0.3 is 5.97 Å². The van der Waals surface area contributed by atoms with Gasteiger partial charge in [0, 0.05) is 57.4 Å². The maximum atomic E-state index is 11.7. The van der Waals surface area contributed by atoms with Crippen LogP contribution < -0.4 is 4.80 Å². The number of carbonyl (C=O) groups excluding carboxylic acids is 1. The third-order valence-corrected chi connectivity index (χ3v) is 3.93. The monoisotopic (exact) mass is 521 g/mol. The number of aromatic nitrogens is 1. The van der Waals surface area contributed by atoms with Crippen LogP contribution in [-0.2, 0) is 23.0 Å². The summed E-state index contributed by atoms with van der Waals surface area (Å²) in [6.07, 6.45) is 1.75. The Balaban J connectivity index is 0. The summed E-state index contributed by atoms with van der Waals surface area (Å²) in [6.45, 7) is 9.73. The number of esters is 1. The molecule has 146 valence electrons. The second-order valence-corrected chi connectivity index (χ2v) is 5.29. The van der Waals surface area contributed by atoms with Crippen molar-refractivity contribution in [1.82, 2.24) is 4.57 Å². The Kier molecular flexibility index (Phi) is 15.5. The Morgan fingerprint density at radius 3 is 2.60 bits per heavy atom. The zero-order valence-corrected chi connectivity index (χ0v) is 16.9. The number of aryl methyl sites for hydroxylation is 1. The predicted molar refractivity (Wildman–Crippen MR) is 101 cm³/mol. The molecule has 0 saturated carbocycles. The van der Waals surface area contributed by atoms with Gasteiger partial charge in [-0.3, -0.25) is 4.79 Å². The molecule has 4 nitrogen and oxygen atoms in total. The third kappa shape index (κ3) is 8.54. The van der Waals surface area contributed by atoms with Crippen LogP contribution in [0.1, 0.15) is 32.5 Å². The topological polar surface area (TPSA) is 43.6 Å². The molecule has 0 fully saturated rings. The first-order valence-electron chi connectivity index (χ1n) is 7.55. The van der Waals surface area contributed by atoms with Gasteiger partial charge in [-0.25, -0.2) is 0 Å². The summed E-state index contributed by atoms with van der Waals surface area (Å²) in [7, 11) is 1.95. The van der Waals surface area contributed by atoms with Crippen molar-refractivity contribution < 1.29 is 56.5 Å². The van der Waals surface area contributed by atoms with Crippen LogP contribution in [0.4, 0.5) is 5.69 Å². The summed E-state index contributed by atoms with van der Waals surface area (Å²) in [5.41, 5.74) is 2.65. The molecular formula is C19H27N2O2SYb-. The number of hydrogen-bond donors (Lipinski definition) is 0. The minimum Gasteiger partial charge on any atom is -0.461 e. The zero-order valence-electron chi connectivity index (χ0n) is 14.4. The minimum atomic E-state index is -0.282. The van der Waals surface area contributed by atoms with Crippen molar-refractivity contribution in [2.75, 3.05) is 6.61 Å². The van der Waals surface area contributed by atoms with Crippen LogP contribution in [0.3, 0.4) is 0 Å². The van der Waals surface area contributed by atoms with Gasteiger partial charge in [-0.05, 0) is 25.6 Å². The molecule has 0 aliphatic rings. The van der Waals surface area contributed by atoms with Crippen LogP contribution >= 0.6 is 11.3 Å². The molecule has 2 rings (SSSR count). The summed E-state index contributed by atoms with van der Waals surface area (Å²) < 4.78 is 6.99. The number of hydrogen-bond acceptors (Lipinski definition) is 4. The van der Waals surface area contributed by atoms with Gasteiger partial charge in [0.2, 0.25) is 0 Å². The molecule has 0 unspecified atom stereocenters. The van der Waals surface area contributed by atoms with Crippen molar-refractivity contribution in [1.29, 1.82) is 0 Å². The Hall–Kier alpha value is -0.621. The summed E-state index contributed by atoms with van der Waals surface area (Å²) in [5.74, 6) is -0.282. The number of ether oxygens (including phenoxy) is 1. The van der Waals surface area contributed by atoms with E-state index in [1.165, 1.54) is 11.3 Å². The molecule has 2 aromatic rings. The standard InChI is InChI=1S/C16H17N2O2S.C2H6.CH4.Yb/c1-4-9-20-15(19)10-13-7-5-6-8-14(13)17-16-18(3)12(2)11-21-16;1-2;;/h4-8H,1,9-10H2,2-3H3;1-2H3;1H4;/q-1;;;. The predicted octanol–water partition coefficient (Wildman–Crippen LogP) is 4.36. The molecule has 0 saturated heterocycles. The van der Waals surface area contributed by atoms with E-state index in [0.29, 0.717) is 0 Å². The zero-order chi connectivity index (χ0) is 17.2. The van der Waals surface area contributed by atoms with Gasteiger partial charge < -0.3 is 25.6 Å². The minimum absolute atomic E-state index is 0. The van der Waals surface area contributed by atoms with E-state index in [0.717, 1.165) is 21.7 Å². The smallest absolute Gasteiger partial charge is 0.310 e. The fourth-order valence-corrected chi connectivity index (χ4v) is 2.52. The van der Waals surface area contributed by atoms with Crippen molar-refractivity contribution in [3.05, 3.63) is 58.4 Å². The van der Waals surface area contributed by atoms with Crippen LogP contribution in [-0.4, -0.2) is 17.1 Å². The number of para-hydroxylation sites is 1. The maximum absolute atomic E-state index is 11.7. The average Bonchev–Trinajstić information content (AvgIpc) is 2.88. The maximum Gasteiger partial charge on any atom is 0.310 e. The molecule has 1 aromatic carbocycles. The number of rotatable bonds is 5. The average molecular weight is 521 g/mol. The first-order chi connectivity index (χ1) is 11.1. The fourth-order valence-electron chi connectivity index (χ4n) is 1.73. The summed E-state index contributed by atoms with van der Waals surface area (Å²) in [4.78, 5) is 17.2. The SMILES string of the molecule is C.C=CCOC(=O)Cc1ccccc1N=c1s[c-]c(C)n1C.CC.[Yb]. The summed E-state index contributed by atoms with van der Waals surface area (Å²) in [5, 5.41) is 3.15. The second kappa shape index (κ2) is 14.5. The molecule has 0 atom stereocenters. The molecule has 0 amide bonds. The van der Waals surface area contributed by atoms with Gasteiger partial charge in [0.05, 0.1) is 6.42 Å². The summed E-state index contributed by atoms with van der Waals surface area (Å²) in [6, 6.07) is 7.58. The Labute approximate surface area is 193 Å². The summed E-state index contributed by atoms with van der Waals surface area (Å²) >= 11 is 1.45. The van der Waals surface area contributed by atoms with E-state index < -0.39 is 0 Å². The molecule has 0 radical (unpaired) electrons. The Bertz CT molecular complexity index is 720. The van der Waals surface area contributed by atoms with Crippen molar-refractivity contribution in [2.45, 2.75) is 34.6 Å². The molecule has 0 spiro atoms. The molecule has 0 aliphatic heterocycles. The van der Waals surface area contributed by atoms with Crippen LogP contribution in [0.15, 0.2) is 41.9 Å². The van der Waals surface area contributed by atoms with Crippen LogP contribution in [0.5, 0.6) is 0 Å². The number of benzene rings is 1. The van der Waals surface area contributed by atoms with Gasteiger partial charge in [0.25, 0.3) is 0 Å². The van der Waals surface area contributed by atoms with E-state index in [-0.39, 0.29) is 73.3 Å². The fraction of sp³-hybridized carbons (Fsp3) is 0.368. The third-order valence-electron chi connectivity index (χ3n) is 2.98. The largest absolute Gasteiger partial charge is 0.461 e.